The van der Waals surface area contributed by atoms with Crippen molar-refractivity contribution < 1.29 is 15.0 Å². The molecule has 1 heterocycles. The Labute approximate surface area is 144 Å². The van der Waals surface area contributed by atoms with Crippen LogP contribution in [-0.4, -0.2) is 21.5 Å². The van der Waals surface area contributed by atoms with Crippen LogP contribution < -0.4 is 0 Å². The van der Waals surface area contributed by atoms with Gasteiger partial charge in [0.2, 0.25) is 0 Å². The van der Waals surface area contributed by atoms with Crippen molar-refractivity contribution in [2.24, 2.45) is 0 Å². The molecule has 0 unspecified atom stereocenters. The van der Waals surface area contributed by atoms with Crippen molar-refractivity contribution in [3.05, 3.63) is 72.4 Å². The third-order valence-corrected chi connectivity index (χ3v) is 4.35. The van der Waals surface area contributed by atoms with Crippen LogP contribution in [0.3, 0.4) is 0 Å². The number of benzene rings is 3. The fourth-order valence-electron chi connectivity index (χ4n) is 3.03. The first kappa shape index (κ1) is 15.0. The summed E-state index contributed by atoms with van der Waals surface area (Å²) in [5.41, 5.74) is 5.11. The molecule has 3 aromatic carbocycles. The maximum absolute atomic E-state index is 11.1. The van der Waals surface area contributed by atoms with Gasteiger partial charge in [-0.1, -0.05) is 30.3 Å². The molecule has 4 rings (SSSR count). The van der Waals surface area contributed by atoms with Gasteiger partial charge in [-0.3, -0.25) is 4.79 Å². The van der Waals surface area contributed by atoms with Gasteiger partial charge in [0.15, 0.2) is 6.29 Å². The van der Waals surface area contributed by atoms with E-state index >= 15 is 0 Å². The van der Waals surface area contributed by atoms with Gasteiger partial charge in [0, 0.05) is 34.3 Å². The molecule has 0 bridgehead atoms. The number of H-pyrrole nitrogens is 1. The number of hydrogen-bond acceptors (Lipinski definition) is 3. The van der Waals surface area contributed by atoms with E-state index in [1.165, 1.54) is 6.07 Å². The van der Waals surface area contributed by atoms with Gasteiger partial charge >= 0.3 is 0 Å². The maximum Gasteiger partial charge on any atom is 0.152 e. The van der Waals surface area contributed by atoms with Crippen LogP contribution in [0.15, 0.2) is 66.9 Å². The molecule has 0 aliphatic carbocycles. The second-order valence-corrected chi connectivity index (χ2v) is 5.90. The Morgan fingerprint density at radius 3 is 2.24 bits per heavy atom. The van der Waals surface area contributed by atoms with Gasteiger partial charge in [0.05, 0.1) is 0 Å². The summed E-state index contributed by atoms with van der Waals surface area (Å²) < 4.78 is 0. The molecule has 4 aromatic rings. The highest BCUT2D eigenvalue weighted by Gasteiger charge is 2.08. The molecule has 0 amide bonds. The zero-order chi connectivity index (χ0) is 17.4. The first-order chi connectivity index (χ1) is 12.2. The first-order valence-corrected chi connectivity index (χ1v) is 7.85. The molecular weight excluding hydrogens is 314 g/mol. The van der Waals surface area contributed by atoms with Crippen molar-refractivity contribution in [2.75, 3.05) is 0 Å². The highest BCUT2D eigenvalue weighted by Crippen LogP contribution is 2.33. The number of nitrogens with one attached hydrogen (secondary N) is 1. The number of aromatic hydroxyl groups is 2. The van der Waals surface area contributed by atoms with Crippen molar-refractivity contribution in [1.82, 2.24) is 4.98 Å². The Morgan fingerprint density at radius 2 is 1.52 bits per heavy atom. The Morgan fingerprint density at radius 1 is 0.800 bits per heavy atom. The van der Waals surface area contributed by atoms with Crippen molar-refractivity contribution in [2.45, 2.75) is 0 Å². The van der Waals surface area contributed by atoms with E-state index in [9.17, 15) is 15.0 Å². The molecule has 3 N–H and O–H groups in total. The molecule has 0 saturated carbocycles. The normalized spacial score (nSPS) is 10.9. The minimum Gasteiger partial charge on any atom is -0.508 e. The summed E-state index contributed by atoms with van der Waals surface area (Å²) in [6.45, 7) is 0. The topological polar surface area (TPSA) is 73.3 Å². The van der Waals surface area contributed by atoms with E-state index in [1.807, 2.05) is 42.5 Å². The van der Waals surface area contributed by atoms with Crippen LogP contribution in [0.1, 0.15) is 10.4 Å². The predicted molar refractivity (Wildman–Crippen MR) is 97.9 cm³/mol. The largest absolute Gasteiger partial charge is 0.508 e. The number of rotatable bonds is 3. The smallest absolute Gasteiger partial charge is 0.152 e. The molecule has 1 aromatic heterocycles. The number of fused-ring (bicyclic) bond motifs is 1. The number of carbonyl (C=O) groups excluding carboxylic acids is 1. The summed E-state index contributed by atoms with van der Waals surface area (Å²) in [5.74, 6) is 0.0702. The van der Waals surface area contributed by atoms with E-state index in [2.05, 4.69) is 4.98 Å². The maximum atomic E-state index is 11.1. The molecule has 4 heteroatoms. The van der Waals surface area contributed by atoms with E-state index in [0.717, 1.165) is 33.9 Å². The molecule has 4 nitrogen and oxygen atoms in total. The second-order valence-electron chi connectivity index (χ2n) is 5.90. The molecule has 0 aliphatic heterocycles. The number of aldehydes is 1. The van der Waals surface area contributed by atoms with E-state index in [4.69, 9.17) is 0 Å². The molecule has 0 fully saturated rings. The third kappa shape index (κ3) is 2.64. The van der Waals surface area contributed by atoms with Gasteiger partial charge in [0.25, 0.3) is 0 Å². The van der Waals surface area contributed by atoms with Gasteiger partial charge in [-0.05, 0) is 41.0 Å². The van der Waals surface area contributed by atoms with Crippen molar-refractivity contribution in [3.63, 3.8) is 0 Å². The van der Waals surface area contributed by atoms with Gasteiger partial charge < -0.3 is 15.2 Å². The second kappa shape index (κ2) is 5.83. The molecule has 25 heavy (non-hydrogen) atoms. The zero-order valence-electron chi connectivity index (χ0n) is 13.2. The SMILES string of the molecule is O=Cc1c[nH]c2ccc(-c3ccc(-c4ccc(O)cc4O)cc3)cc12. The van der Waals surface area contributed by atoms with Crippen LogP contribution in [0.4, 0.5) is 0 Å². The molecule has 0 radical (unpaired) electrons. The van der Waals surface area contributed by atoms with Crippen LogP contribution in [-0.2, 0) is 0 Å². The van der Waals surface area contributed by atoms with Gasteiger partial charge in [-0.25, -0.2) is 0 Å². The molecule has 0 spiro atoms. The molecule has 122 valence electrons. The minimum atomic E-state index is 0.0312. The molecule has 0 atom stereocenters. The van der Waals surface area contributed by atoms with Crippen molar-refractivity contribution >= 4 is 17.2 Å². The summed E-state index contributed by atoms with van der Waals surface area (Å²) in [4.78, 5) is 14.2. The summed E-state index contributed by atoms with van der Waals surface area (Å²) >= 11 is 0. The number of hydrogen-bond donors (Lipinski definition) is 3. The van der Waals surface area contributed by atoms with E-state index in [0.29, 0.717) is 11.1 Å². The van der Waals surface area contributed by atoms with Crippen LogP contribution in [0.2, 0.25) is 0 Å². The highest BCUT2D eigenvalue weighted by atomic mass is 16.3. The number of phenols is 2. The number of aromatic amines is 1. The predicted octanol–water partition coefficient (Wildman–Crippen LogP) is 4.73. The first-order valence-electron chi connectivity index (χ1n) is 7.85. The van der Waals surface area contributed by atoms with E-state index < -0.39 is 0 Å². The quantitative estimate of drug-likeness (QED) is 0.476. The number of aromatic nitrogens is 1. The Balaban J connectivity index is 1.73. The third-order valence-electron chi connectivity index (χ3n) is 4.35. The lowest BCUT2D eigenvalue weighted by molar-refractivity contribution is 0.112. The van der Waals surface area contributed by atoms with Gasteiger partial charge in [-0.15, -0.1) is 0 Å². The summed E-state index contributed by atoms with van der Waals surface area (Å²) in [6, 6.07) is 18.3. The Hall–Kier alpha value is -3.53. The lowest BCUT2D eigenvalue weighted by atomic mass is 9.98. The summed E-state index contributed by atoms with van der Waals surface area (Å²) in [7, 11) is 0. The molecule has 0 saturated heterocycles. The molecule has 0 aliphatic rings. The van der Waals surface area contributed by atoms with Crippen LogP contribution in [0.25, 0.3) is 33.2 Å². The highest BCUT2D eigenvalue weighted by molar-refractivity contribution is 5.99. The standard InChI is InChI=1S/C21H15NO3/c23-12-16-11-22-20-8-5-15(9-19(16)20)13-1-3-14(4-2-13)18-7-6-17(24)10-21(18)25/h1-12,22,24-25H. The number of phenolic OH excluding ortho intramolecular Hbond substituents is 2. The Kier molecular flexibility index (Phi) is 3.51. The van der Waals surface area contributed by atoms with E-state index in [1.54, 1.807) is 18.3 Å². The Bertz CT molecular complexity index is 1080. The fourth-order valence-corrected chi connectivity index (χ4v) is 3.03. The molecular formula is C21H15NO3. The van der Waals surface area contributed by atoms with Gasteiger partial charge in [0.1, 0.15) is 11.5 Å². The lowest BCUT2D eigenvalue weighted by Crippen LogP contribution is -1.82. The average Bonchev–Trinajstić information content (AvgIpc) is 3.04. The minimum absolute atomic E-state index is 0.0312. The van der Waals surface area contributed by atoms with Crippen LogP contribution >= 0.6 is 0 Å². The van der Waals surface area contributed by atoms with Gasteiger partial charge in [-0.2, -0.15) is 0 Å². The summed E-state index contributed by atoms with van der Waals surface area (Å²) in [5, 5.41) is 20.3. The summed E-state index contributed by atoms with van der Waals surface area (Å²) in [6.07, 6.45) is 2.55. The monoisotopic (exact) mass is 329 g/mol. The van der Waals surface area contributed by atoms with Crippen molar-refractivity contribution in [1.29, 1.82) is 0 Å². The van der Waals surface area contributed by atoms with Crippen LogP contribution in [0, 0.1) is 0 Å². The average molecular weight is 329 g/mol. The lowest BCUT2D eigenvalue weighted by Gasteiger charge is -2.07. The van der Waals surface area contributed by atoms with Crippen LogP contribution in [0.5, 0.6) is 11.5 Å². The van der Waals surface area contributed by atoms with E-state index in [-0.39, 0.29) is 11.5 Å². The number of carbonyl (C=O) groups is 1. The van der Waals surface area contributed by atoms with Crippen molar-refractivity contribution in [3.8, 4) is 33.8 Å². The fraction of sp³-hybridized carbons (Fsp3) is 0. The zero-order valence-corrected chi connectivity index (χ0v) is 13.2.